The molecule has 23 heavy (non-hydrogen) atoms. The minimum absolute atomic E-state index is 0.252. The van der Waals surface area contributed by atoms with Gasteiger partial charge in [-0.3, -0.25) is 0 Å². The molecule has 6 nitrogen and oxygen atoms in total. The van der Waals surface area contributed by atoms with Crippen molar-refractivity contribution >= 4 is 5.97 Å². The molecule has 1 aromatic rings. The summed E-state index contributed by atoms with van der Waals surface area (Å²) in [5.74, 6) is 3.66. The van der Waals surface area contributed by atoms with Gasteiger partial charge in [0, 0.05) is 5.92 Å². The van der Waals surface area contributed by atoms with Gasteiger partial charge in [0.2, 0.25) is 0 Å². The third-order valence-electron chi connectivity index (χ3n) is 3.40. The molecule has 6 heteroatoms. The number of methoxy groups -OCH3 is 1. The lowest BCUT2D eigenvalue weighted by Gasteiger charge is -2.26. The van der Waals surface area contributed by atoms with E-state index in [4.69, 9.17) is 9.47 Å². The van der Waals surface area contributed by atoms with Crippen molar-refractivity contribution in [1.29, 1.82) is 0 Å². The summed E-state index contributed by atoms with van der Waals surface area (Å²) >= 11 is 0. The van der Waals surface area contributed by atoms with E-state index in [0.717, 1.165) is 10.6 Å². The van der Waals surface area contributed by atoms with Crippen LogP contribution in [0.4, 0.5) is 0 Å². The zero-order valence-electron chi connectivity index (χ0n) is 13.5. The van der Waals surface area contributed by atoms with Crippen LogP contribution in [0.1, 0.15) is 19.4 Å². The predicted molar refractivity (Wildman–Crippen MR) is 82.3 cm³/mol. The van der Waals surface area contributed by atoms with Crippen molar-refractivity contribution in [3.05, 3.63) is 35.9 Å². The Kier molecular flexibility index (Phi) is 5.74. The van der Waals surface area contributed by atoms with E-state index < -0.39 is 23.9 Å². The van der Waals surface area contributed by atoms with E-state index in [1.807, 2.05) is 30.3 Å². The molecular formula is C17H21NO5. The van der Waals surface area contributed by atoms with Crippen LogP contribution in [-0.4, -0.2) is 47.9 Å². The Hall–Kier alpha value is -1.91. The quantitative estimate of drug-likeness (QED) is 0.393. The van der Waals surface area contributed by atoms with Gasteiger partial charge in [0.15, 0.2) is 5.79 Å². The van der Waals surface area contributed by atoms with Crippen LogP contribution in [0.15, 0.2) is 30.3 Å². The number of hydrogen-bond acceptors (Lipinski definition) is 6. The summed E-state index contributed by atoms with van der Waals surface area (Å²) in [6.45, 7) is 4.11. The van der Waals surface area contributed by atoms with Crippen LogP contribution in [0.2, 0.25) is 0 Å². The topological polar surface area (TPSA) is 68.2 Å². The number of hydroxylamine groups is 2. The minimum Gasteiger partial charge on any atom is -0.459 e. The van der Waals surface area contributed by atoms with Crippen LogP contribution in [0.25, 0.3) is 0 Å². The smallest absolute Gasteiger partial charge is 0.384 e. The second-order valence-corrected chi connectivity index (χ2v) is 5.66. The molecule has 1 aromatic carbocycles. The molecule has 1 saturated heterocycles. The number of hydrogen-bond donors (Lipinski definition) is 1. The lowest BCUT2D eigenvalue weighted by molar-refractivity contribution is -0.176. The maximum absolute atomic E-state index is 11.3. The molecule has 0 saturated carbocycles. The van der Waals surface area contributed by atoms with Gasteiger partial charge in [-0.1, -0.05) is 36.3 Å². The Morgan fingerprint density at radius 3 is 2.74 bits per heavy atom. The zero-order chi connectivity index (χ0) is 16.9. The summed E-state index contributed by atoms with van der Waals surface area (Å²) in [5, 5.41) is 11.5. The van der Waals surface area contributed by atoms with Crippen LogP contribution in [0, 0.1) is 11.8 Å². The number of rotatable bonds is 4. The molecule has 1 N–H and O–H groups in total. The van der Waals surface area contributed by atoms with Crippen molar-refractivity contribution in [3.8, 4) is 11.8 Å². The Bertz CT molecular complexity index is 590. The van der Waals surface area contributed by atoms with Crippen LogP contribution in [0.3, 0.4) is 0 Å². The summed E-state index contributed by atoms with van der Waals surface area (Å²) in [6.07, 6.45) is -0.476. The molecule has 2 atom stereocenters. The van der Waals surface area contributed by atoms with E-state index >= 15 is 0 Å². The maximum Gasteiger partial charge on any atom is 0.384 e. The van der Waals surface area contributed by atoms with Crippen LogP contribution in [0.5, 0.6) is 0 Å². The van der Waals surface area contributed by atoms with E-state index in [0.29, 0.717) is 0 Å². The Labute approximate surface area is 135 Å². The first-order chi connectivity index (χ1) is 10.9. The van der Waals surface area contributed by atoms with Crippen molar-refractivity contribution in [2.45, 2.75) is 38.3 Å². The zero-order valence-corrected chi connectivity index (χ0v) is 13.5. The van der Waals surface area contributed by atoms with Gasteiger partial charge in [-0.25, -0.2) is 4.79 Å². The van der Waals surface area contributed by atoms with E-state index in [9.17, 15) is 10.0 Å². The SMILES string of the molecule is COC(=O)C#CC([C@H]1COC(C)(C)O1)N(O)Cc1ccccc1. The van der Waals surface area contributed by atoms with Gasteiger partial charge in [0.05, 0.1) is 20.3 Å². The standard InChI is InChI=1S/C17H21NO5/c1-17(2)22-12-15(23-17)14(9-10-16(19)21-3)18(20)11-13-7-5-4-6-8-13/h4-8,14-15,20H,11-12H2,1-3H3/t14?,15-/m1/s1. The molecule has 0 radical (unpaired) electrons. The molecule has 0 aliphatic carbocycles. The lowest BCUT2D eigenvalue weighted by Crippen LogP contribution is -2.42. The monoisotopic (exact) mass is 319 g/mol. The van der Waals surface area contributed by atoms with Gasteiger partial charge in [0.25, 0.3) is 0 Å². The van der Waals surface area contributed by atoms with Crippen molar-refractivity contribution in [2.24, 2.45) is 0 Å². The average Bonchev–Trinajstić information content (AvgIpc) is 2.88. The fraction of sp³-hybridized carbons (Fsp3) is 0.471. The average molecular weight is 319 g/mol. The Balaban J connectivity index is 2.15. The van der Waals surface area contributed by atoms with Crippen LogP contribution in [-0.2, 0) is 25.5 Å². The molecule has 0 bridgehead atoms. The molecule has 1 aliphatic heterocycles. The number of ether oxygens (including phenoxy) is 3. The first kappa shape index (κ1) is 17.4. The highest BCUT2D eigenvalue weighted by atomic mass is 16.7. The van der Waals surface area contributed by atoms with Crippen molar-refractivity contribution in [1.82, 2.24) is 5.06 Å². The highest BCUT2D eigenvalue weighted by Crippen LogP contribution is 2.26. The van der Waals surface area contributed by atoms with Crippen molar-refractivity contribution in [3.63, 3.8) is 0 Å². The second-order valence-electron chi connectivity index (χ2n) is 5.66. The van der Waals surface area contributed by atoms with Crippen LogP contribution >= 0.6 is 0 Å². The normalized spacial score (nSPS) is 20.7. The van der Waals surface area contributed by atoms with E-state index in [1.54, 1.807) is 13.8 Å². The fourth-order valence-electron chi connectivity index (χ4n) is 2.28. The molecule has 1 aliphatic rings. The highest BCUT2D eigenvalue weighted by molar-refractivity contribution is 5.88. The van der Waals surface area contributed by atoms with E-state index in [-0.39, 0.29) is 13.2 Å². The van der Waals surface area contributed by atoms with Crippen molar-refractivity contribution in [2.75, 3.05) is 13.7 Å². The number of carbonyl (C=O) groups excluding carboxylic acids is 1. The molecule has 1 heterocycles. The van der Waals surface area contributed by atoms with Crippen LogP contribution < -0.4 is 0 Å². The Morgan fingerprint density at radius 2 is 2.17 bits per heavy atom. The van der Waals surface area contributed by atoms with E-state index in [2.05, 4.69) is 16.6 Å². The summed E-state index contributed by atoms with van der Waals surface area (Å²) in [6, 6.07) is 8.74. The number of carbonyl (C=O) groups is 1. The molecule has 124 valence electrons. The predicted octanol–water partition coefficient (Wildman–Crippen LogP) is 1.57. The highest BCUT2D eigenvalue weighted by Gasteiger charge is 2.39. The van der Waals surface area contributed by atoms with Gasteiger partial charge in [-0.2, -0.15) is 5.06 Å². The molecule has 0 aromatic heterocycles. The fourth-order valence-corrected chi connectivity index (χ4v) is 2.28. The van der Waals surface area contributed by atoms with E-state index in [1.165, 1.54) is 7.11 Å². The number of benzene rings is 1. The number of nitrogens with zero attached hydrogens (tertiary/aromatic N) is 1. The third-order valence-corrected chi connectivity index (χ3v) is 3.40. The molecule has 0 amide bonds. The summed E-state index contributed by atoms with van der Waals surface area (Å²) in [5.41, 5.74) is 0.915. The summed E-state index contributed by atoms with van der Waals surface area (Å²) < 4.78 is 15.8. The molecule has 2 rings (SSSR count). The lowest BCUT2D eigenvalue weighted by atomic mass is 10.1. The second kappa shape index (κ2) is 7.57. The minimum atomic E-state index is -0.747. The van der Waals surface area contributed by atoms with Gasteiger partial charge in [0.1, 0.15) is 12.1 Å². The first-order valence-electron chi connectivity index (χ1n) is 7.32. The third kappa shape index (κ3) is 5.05. The molecule has 0 spiro atoms. The largest absolute Gasteiger partial charge is 0.459 e. The summed E-state index contributed by atoms with van der Waals surface area (Å²) in [7, 11) is 1.25. The molecular weight excluding hydrogens is 298 g/mol. The van der Waals surface area contributed by atoms with Gasteiger partial charge in [-0.15, -0.1) is 0 Å². The van der Waals surface area contributed by atoms with Gasteiger partial charge in [-0.05, 0) is 19.4 Å². The molecule has 1 unspecified atom stereocenters. The van der Waals surface area contributed by atoms with Gasteiger partial charge < -0.3 is 19.4 Å². The number of esters is 1. The summed E-state index contributed by atoms with van der Waals surface area (Å²) in [4.78, 5) is 11.3. The molecule has 1 fully saturated rings. The van der Waals surface area contributed by atoms with Gasteiger partial charge >= 0.3 is 5.97 Å². The Morgan fingerprint density at radius 1 is 1.48 bits per heavy atom. The van der Waals surface area contributed by atoms with Crippen molar-refractivity contribution < 1.29 is 24.2 Å². The maximum atomic E-state index is 11.3. The first-order valence-corrected chi connectivity index (χ1v) is 7.32.